The number of amides is 2. The van der Waals surface area contributed by atoms with Gasteiger partial charge >= 0.3 is 18.2 Å². The van der Waals surface area contributed by atoms with Crippen LogP contribution in [-0.2, 0) is 9.53 Å². The molecule has 6 nitrogen and oxygen atoms in total. The number of carboxylic acids is 1. The zero-order valence-electron chi connectivity index (χ0n) is 9.37. The monoisotopic (exact) mass is 270 g/mol. The lowest BCUT2D eigenvalue weighted by molar-refractivity contribution is -0.173. The number of nitrogens with one attached hydrogen (secondary N) is 1. The zero-order valence-corrected chi connectivity index (χ0v) is 9.37. The first-order valence-electron chi connectivity index (χ1n) is 5.19. The second kappa shape index (κ2) is 5.89. The average molecular weight is 270 g/mol. The van der Waals surface area contributed by atoms with Crippen LogP contribution in [0.3, 0.4) is 0 Å². The molecule has 9 heteroatoms. The van der Waals surface area contributed by atoms with E-state index in [0.29, 0.717) is 0 Å². The predicted octanol–water partition coefficient (Wildman–Crippen LogP) is 0.291. The van der Waals surface area contributed by atoms with Gasteiger partial charge in [0.1, 0.15) is 6.61 Å². The lowest BCUT2D eigenvalue weighted by atomic mass is 10.0. The molecule has 0 bridgehead atoms. The molecule has 0 atom stereocenters. The fourth-order valence-corrected chi connectivity index (χ4v) is 1.33. The number of likely N-dealkylation sites (tertiary alicyclic amines) is 1. The predicted molar refractivity (Wildman–Crippen MR) is 53.0 cm³/mol. The van der Waals surface area contributed by atoms with E-state index < -0.39 is 30.7 Å². The van der Waals surface area contributed by atoms with Crippen LogP contribution in [0, 0.1) is 5.92 Å². The summed E-state index contributed by atoms with van der Waals surface area (Å²) >= 11 is 0. The van der Waals surface area contributed by atoms with Crippen LogP contribution in [0.2, 0.25) is 0 Å². The topological polar surface area (TPSA) is 78.9 Å². The largest absolute Gasteiger partial charge is 0.481 e. The van der Waals surface area contributed by atoms with Gasteiger partial charge in [-0.1, -0.05) is 0 Å². The number of nitrogens with zero attached hydrogens (tertiary/aromatic N) is 1. The van der Waals surface area contributed by atoms with Crippen LogP contribution >= 0.6 is 0 Å². The molecule has 1 aliphatic heterocycles. The minimum absolute atomic E-state index is 0.0524. The number of carbonyl (C=O) groups is 2. The molecule has 0 aliphatic carbocycles. The van der Waals surface area contributed by atoms with E-state index >= 15 is 0 Å². The van der Waals surface area contributed by atoms with Gasteiger partial charge in [-0.2, -0.15) is 13.2 Å². The van der Waals surface area contributed by atoms with Gasteiger partial charge in [0.2, 0.25) is 0 Å². The van der Waals surface area contributed by atoms with Crippen molar-refractivity contribution >= 4 is 12.0 Å². The van der Waals surface area contributed by atoms with E-state index in [2.05, 4.69) is 10.1 Å². The Kier molecular flexibility index (Phi) is 4.76. The van der Waals surface area contributed by atoms with E-state index in [0.717, 1.165) is 0 Å². The maximum atomic E-state index is 11.7. The van der Waals surface area contributed by atoms with Crippen molar-refractivity contribution in [1.82, 2.24) is 10.2 Å². The molecule has 1 saturated heterocycles. The lowest BCUT2D eigenvalue weighted by Gasteiger charge is -2.36. The van der Waals surface area contributed by atoms with Crippen molar-refractivity contribution in [2.45, 2.75) is 6.18 Å². The third kappa shape index (κ3) is 4.78. The molecule has 0 aromatic heterocycles. The van der Waals surface area contributed by atoms with Crippen LogP contribution in [0.5, 0.6) is 0 Å². The van der Waals surface area contributed by atoms with E-state index in [9.17, 15) is 22.8 Å². The highest BCUT2D eigenvalue weighted by atomic mass is 19.4. The quantitative estimate of drug-likeness (QED) is 0.704. The number of rotatable bonds is 5. The second-order valence-electron chi connectivity index (χ2n) is 3.84. The minimum Gasteiger partial charge on any atom is -0.481 e. The summed E-state index contributed by atoms with van der Waals surface area (Å²) < 4.78 is 39.3. The number of hydrogen-bond acceptors (Lipinski definition) is 3. The van der Waals surface area contributed by atoms with E-state index in [1.807, 2.05) is 0 Å². The van der Waals surface area contributed by atoms with Crippen molar-refractivity contribution in [3.05, 3.63) is 0 Å². The van der Waals surface area contributed by atoms with Gasteiger partial charge in [0.25, 0.3) is 0 Å². The number of hydrogen-bond donors (Lipinski definition) is 2. The van der Waals surface area contributed by atoms with Gasteiger partial charge in [0.15, 0.2) is 0 Å². The summed E-state index contributed by atoms with van der Waals surface area (Å²) in [4.78, 5) is 23.0. The van der Waals surface area contributed by atoms with Crippen LogP contribution in [0.1, 0.15) is 0 Å². The number of aliphatic carboxylic acids is 1. The summed E-state index contributed by atoms with van der Waals surface area (Å²) in [5.41, 5.74) is 0. The standard InChI is InChI=1S/C9H13F3N2O4/c10-9(11,12)5-18-2-1-13-8(17)14-3-6(4-14)7(15)16/h6H,1-5H2,(H,13,17)(H,15,16). The van der Waals surface area contributed by atoms with Gasteiger partial charge in [-0.15, -0.1) is 0 Å². The Morgan fingerprint density at radius 2 is 2.00 bits per heavy atom. The molecule has 0 spiro atoms. The van der Waals surface area contributed by atoms with Gasteiger partial charge < -0.3 is 20.1 Å². The summed E-state index contributed by atoms with van der Waals surface area (Å²) in [5, 5.41) is 10.9. The van der Waals surface area contributed by atoms with Gasteiger partial charge in [0.05, 0.1) is 12.5 Å². The number of urea groups is 1. The molecule has 0 aromatic carbocycles. The van der Waals surface area contributed by atoms with Crippen molar-refractivity contribution in [3.63, 3.8) is 0 Å². The molecule has 2 N–H and O–H groups in total. The Morgan fingerprint density at radius 1 is 1.39 bits per heavy atom. The molecule has 0 aromatic rings. The van der Waals surface area contributed by atoms with Gasteiger partial charge in [-0.05, 0) is 0 Å². The molecule has 104 valence electrons. The molecule has 0 unspecified atom stereocenters. The summed E-state index contributed by atoms with van der Waals surface area (Å²) in [6, 6.07) is -0.497. The van der Waals surface area contributed by atoms with Crippen molar-refractivity contribution in [2.24, 2.45) is 5.92 Å². The number of alkyl halides is 3. The Bertz CT molecular complexity index is 315. The van der Waals surface area contributed by atoms with Crippen LogP contribution in [-0.4, -0.2) is 61.0 Å². The van der Waals surface area contributed by atoms with E-state index in [1.54, 1.807) is 0 Å². The maximum absolute atomic E-state index is 11.7. The highest BCUT2D eigenvalue weighted by Gasteiger charge is 2.35. The molecule has 18 heavy (non-hydrogen) atoms. The molecule has 0 saturated carbocycles. The number of carbonyl (C=O) groups excluding carboxylic acids is 1. The first-order chi connectivity index (χ1) is 8.29. The molecule has 2 amide bonds. The molecular formula is C9H13F3N2O4. The molecule has 1 heterocycles. The highest BCUT2D eigenvalue weighted by molar-refractivity contribution is 5.79. The molecule has 0 radical (unpaired) electrons. The lowest BCUT2D eigenvalue weighted by Crippen LogP contribution is -2.56. The minimum atomic E-state index is -4.38. The van der Waals surface area contributed by atoms with E-state index in [-0.39, 0.29) is 26.2 Å². The summed E-state index contributed by atoms with van der Waals surface area (Å²) in [5.74, 6) is -1.52. The van der Waals surface area contributed by atoms with Crippen LogP contribution < -0.4 is 5.32 Å². The van der Waals surface area contributed by atoms with Crippen LogP contribution in [0.25, 0.3) is 0 Å². The van der Waals surface area contributed by atoms with Crippen LogP contribution in [0.15, 0.2) is 0 Å². The molecule has 1 aliphatic rings. The Morgan fingerprint density at radius 3 is 2.50 bits per heavy atom. The van der Waals surface area contributed by atoms with Crippen molar-refractivity contribution in [1.29, 1.82) is 0 Å². The van der Waals surface area contributed by atoms with Gasteiger partial charge in [-0.3, -0.25) is 4.79 Å². The Balaban J connectivity index is 2.04. The maximum Gasteiger partial charge on any atom is 0.411 e. The fourth-order valence-electron chi connectivity index (χ4n) is 1.33. The van der Waals surface area contributed by atoms with Gasteiger partial charge in [0, 0.05) is 19.6 Å². The summed E-state index contributed by atoms with van der Waals surface area (Å²) in [6.45, 7) is -1.42. The first-order valence-corrected chi connectivity index (χ1v) is 5.19. The first kappa shape index (κ1) is 14.6. The zero-order chi connectivity index (χ0) is 13.8. The molecular weight excluding hydrogens is 257 g/mol. The van der Waals surface area contributed by atoms with Crippen molar-refractivity contribution in [2.75, 3.05) is 32.8 Å². The highest BCUT2D eigenvalue weighted by Crippen LogP contribution is 2.15. The normalized spacial score (nSPS) is 16.3. The Labute approximate surface area is 101 Å². The average Bonchev–Trinajstić information content (AvgIpc) is 2.11. The number of halogens is 3. The van der Waals surface area contributed by atoms with Crippen molar-refractivity contribution < 1.29 is 32.6 Å². The fraction of sp³-hybridized carbons (Fsp3) is 0.778. The number of carboxylic acid groups (broad SMARTS) is 1. The third-order valence-corrected chi connectivity index (χ3v) is 2.31. The SMILES string of the molecule is O=C(O)C1CN(C(=O)NCCOCC(F)(F)F)C1. The van der Waals surface area contributed by atoms with Crippen molar-refractivity contribution in [3.8, 4) is 0 Å². The smallest absolute Gasteiger partial charge is 0.411 e. The Hall–Kier alpha value is -1.51. The second-order valence-corrected chi connectivity index (χ2v) is 3.84. The third-order valence-electron chi connectivity index (χ3n) is 2.31. The summed E-state index contributed by atoms with van der Waals surface area (Å²) in [6.07, 6.45) is -4.38. The van der Waals surface area contributed by atoms with E-state index in [4.69, 9.17) is 5.11 Å². The van der Waals surface area contributed by atoms with Gasteiger partial charge in [-0.25, -0.2) is 4.79 Å². The van der Waals surface area contributed by atoms with E-state index in [1.165, 1.54) is 4.90 Å². The van der Waals surface area contributed by atoms with Crippen LogP contribution in [0.4, 0.5) is 18.0 Å². The molecule has 1 fully saturated rings. The summed E-state index contributed by atoms with van der Waals surface area (Å²) in [7, 11) is 0. The molecule has 1 rings (SSSR count). The number of ether oxygens (including phenoxy) is 1.